The third-order valence-corrected chi connectivity index (χ3v) is 7.30. The largest absolute Gasteiger partial charge is 0.490 e. The number of carbonyl (C=O) groups is 1. The summed E-state index contributed by atoms with van der Waals surface area (Å²) >= 11 is 5.86. The molecule has 36 heavy (non-hydrogen) atoms. The minimum Gasteiger partial charge on any atom is -0.490 e. The van der Waals surface area contributed by atoms with E-state index in [0.29, 0.717) is 23.2 Å². The van der Waals surface area contributed by atoms with Crippen molar-refractivity contribution in [1.82, 2.24) is 5.32 Å². The number of aryl methyl sites for hydroxylation is 3. The van der Waals surface area contributed by atoms with Gasteiger partial charge in [-0.05, 0) is 76.7 Å². The summed E-state index contributed by atoms with van der Waals surface area (Å²) in [6, 6.07) is 19.5. The molecule has 186 valence electrons. The maximum Gasteiger partial charge on any atom is 0.236 e. The first-order chi connectivity index (χ1) is 17.2. The average molecular weight is 502 g/mol. The summed E-state index contributed by atoms with van der Waals surface area (Å²) < 4.78 is 12.7. The van der Waals surface area contributed by atoms with Gasteiger partial charge in [-0.25, -0.2) is 0 Å². The second-order valence-electron chi connectivity index (χ2n) is 9.65. The van der Waals surface area contributed by atoms with Crippen LogP contribution in [0, 0.1) is 26.7 Å². The number of para-hydroxylation sites is 1. The molecule has 2 aliphatic heterocycles. The van der Waals surface area contributed by atoms with Gasteiger partial charge in [0.05, 0.1) is 12.6 Å². The summed E-state index contributed by atoms with van der Waals surface area (Å²) in [5, 5.41) is 7.14. The number of amides is 1. The molecule has 2 heterocycles. The van der Waals surface area contributed by atoms with E-state index in [-0.39, 0.29) is 11.9 Å². The van der Waals surface area contributed by atoms with E-state index < -0.39 is 11.6 Å². The minimum absolute atomic E-state index is 0.144. The summed E-state index contributed by atoms with van der Waals surface area (Å²) in [5.41, 5.74) is 4.66. The van der Waals surface area contributed by atoms with Crippen molar-refractivity contribution in [1.29, 1.82) is 0 Å². The zero-order valence-electron chi connectivity index (χ0n) is 21.2. The van der Waals surface area contributed by atoms with E-state index >= 15 is 0 Å². The van der Waals surface area contributed by atoms with Gasteiger partial charge in [0.1, 0.15) is 5.92 Å². The van der Waals surface area contributed by atoms with Crippen molar-refractivity contribution in [3.8, 4) is 11.5 Å². The second-order valence-corrected chi connectivity index (χ2v) is 10.0. The number of hydrogen-bond acceptors (Lipinski definition) is 4. The molecule has 0 aliphatic carbocycles. The standard InChI is InChI=1S/C29H31N3O3S/c1-6-34-23-9-7-8-21-25-24(27(33)30-22-15-12-18(3)16-19(22)4)29(5,35-26(21)23)32(28(36)31-25)20-13-10-17(2)11-14-20/h7-16,24-25H,6H2,1-5H3,(H,30,33)(H,31,36)/t24-,25+,29+/m0/s1. The minimum atomic E-state index is -1.11. The fourth-order valence-electron chi connectivity index (χ4n) is 5.29. The summed E-state index contributed by atoms with van der Waals surface area (Å²) in [7, 11) is 0. The highest BCUT2D eigenvalue weighted by atomic mass is 32.1. The number of rotatable bonds is 5. The highest BCUT2D eigenvalue weighted by molar-refractivity contribution is 7.80. The van der Waals surface area contributed by atoms with Crippen molar-refractivity contribution in [3.05, 3.63) is 82.9 Å². The van der Waals surface area contributed by atoms with Gasteiger partial charge in [0.2, 0.25) is 5.91 Å². The molecular formula is C29H31N3O3S. The first-order valence-electron chi connectivity index (χ1n) is 12.2. The maximum absolute atomic E-state index is 14.0. The van der Waals surface area contributed by atoms with Gasteiger partial charge in [-0.15, -0.1) is 0 Å². The Morgan fingerprint density at radius 2 is 1.83 bits per heavy atom. The van der Waals surface area contributed by atoms with Crippen LogP contribution in [-0.4, -0.2) is 23.4 Å². The number of nitrogens with one attached hydrogen (secondary N) is 2. The lowest BCUT2D eigenvalue weighted by Crippen LogP contribution is -2.72. The Balaban J connectivity index is 1.64. The Kier molecular flexibility index (Phi) is 6.12. The normalized spacial score (nSPS) is 22.2. The number of anilines is 2. The Bertz CT molecular complexity index is 1340. The second kappa shape index (κ2) is 9.13. The van der Waals surface area contributed by atoms with Gasteiger partial charge in [0, 0.05) is 16.9 Å². The van der Waals surface area contributed by atoms with Crippen LogP contribution < -0.4 is 25.0 Å². The molecule has 0 radical (unpaired) electrons. The molecule has 1 amide bonds. The van der Waals surface area contributed by atoms with Crippen molar-refractivity contribution in [3.63, 3.8) is 0 Å². The lowest BCUT2D eigenvalue weighted by molar-refractivity contribution is -0.130. The number of ether oxygens (including phenoxy) is 2. The molecule has 0 saturated carbocycles. The number of benzene rings is 3. The smallest absolute Gasteiger partial charge is 0.236 e. The van der Waals surface area contributed by atoms with Gasteiger partial charge >= 0.3 is 0 Å². The molecule has 3 atom stereocenters. The van der Waals surface area contributed by atoms with Crippen LogP contribution in [0.4, 0.5) is 11.4 Å². The molecule has 1 saturated heterocycles. The summed E-state index contributed by atoms with van der Waals surface area (Å²) in [5.74, 6) is 0.525. The van der Waals surface area contributed by atoms with E-state index in [0.717, 1.165) is 33.6 Å². The van der Waals surface area contributed by atoms with Crippen molar-refractivity contribution < 1.29 is 14.3 Å². The molecule has 5 rings (SSSR count). The Labute approximate surface area is 217 Å². The first kappa shape index (κ1) is 24.1. The fraction of sp³-hybridized carbons (Fsp3) is 0.310. The SMILES string of the molecule is CCOc1cccc2c1O[C@]1(C)[C@H](C(=O)Nc3ccc(C)cc3C)[C@@H]2NC(=S)N1c1ccc(C)cc1. The molecule has 2 aliphatic rings. The van der Waals surface area contributed by atoms with Gasteiger partial charge in [-0.2, -0.15) is 0 Å². The van der Waals surface area contributed by atoms with Crippen LogP contribution in [0.15, 0.2) is 60.7 Å². The topological polar surface area (TPSA) is 62.8 Å². The molecule has 0 aromatic heterocycles. The average Bonchev–Trinajstić information content (AvgIpc) is 2.82. The number of carbonyl (C=O) groups excluding carboxylic acids is 1. The molecule has 0 unspecified atom stereocenters. The van der Waals surface area contributed by atoms with E-state index in [9.17, 15) is 4.79 Å². The molecule has 3 aromatic carbocycles. The Hall–Kier alpha value is -3.58. The van der Waals surface area contributed by atoms with Crippen LogP contribution in [0.5, 0.6) is 11.5 Å². The molecular weight excluding hydrogens is 470 g/mol. The maximum atomic E-state index is 14.0. The first-order valence-corrected chi connectivity index (χ1v) is 12.6. The predicted octanol–water partition coefficient (Wildman–Crippen LogP) is 5.81. The number of thiocarbonyl (C=S) groups is 1. The van der Waals surface area contributed by atoms with Crippen molar-refractivity contribution in [2.45, 2.75) is 46.4 Å². The number of nitrogens with zero attached hydrogens (tertiary/aromatic N) is 1. The molecule has 0 spiro atoms. The van der Waals surface area contributed by atoms with Gasteiger partial charge in [-0.1, -0.05) is 47.5 Å². The van der Waals surface area contributed by atoms with Gasteiger partial charge in [0.15, 0.2) is 22.3 Å². The monoisotopic (exact) mass is 501 g/mol. The van der Waals surface area contributed by atoms with E-state index in [4.69, 9.17) is 21.7 Å². The zero-order valence-corrected chi connectivity index (χ0v) is 22.0. The number of fused-ring (bicyclic) bond motifs is 4. The Morgan fingerprint density at radius 1 is 1.11 bits per heavy atom. The van der Waals surface area contributed by atoms with Crippen LogP contribution >= 0.6 is 12.2 Å². The highest BCUT2D eigenvalue weighted by Crippen LogP contribution is 2.52. The van der Waals surface area contributed by atoms with Gasteiger partial charge in [-0.3, -0.25) is 9.69 Å². The number of hydrogen-bond donors (Lipinski definition) is 2. The molecule has 1 fully saturated rings. The van der Waals surface area contributed by atoms with Crippen molar-refractivity contribution >= 4 is 34.6 Å². The third-order valence-electron chi connectivity index (χ3n) is 7.00. The lowest BCUT2D eigenvalue weighted by Gasteiger charge is -2.56. The predicted molar refractivity (Wildman–Crippen MR) is 147 cm³/mol. The summed E-state index contributed by atoms with van der Waals surface area (Å²) in [6.07, 6.45) is 0. The Morgan fingerprint density at radius 3 is 2.53 bits per heavy atom. The highest BCUT2D eigenvalue weighted by Gasteiger charge is 2.59. The molecule has 3 aromatic rings. The quantitative estimate of drug-likeness (QED) is 0.430. The van der Waals surface area contributed by atoms with Crippen LogP contribution in [0.3, 0.4) is 0 Å². The van der Waals surface area contributed by atoms with Crippen LogP contribution in [0.1, 0.15) is 42.1 Å². The summed E-state index contributed by atoms with van der Waals surface area (Å²) in [4.78, 5) is 16.0. The van der Waals surface area contributed by atoms with Crippen LogP contribution in [-0.2, 0) is 4.79 Å². The molecule has 7 heteroatoms. The molecule has 2 N–H and O–H groups in total. The van der Waals surface area contributed by atoms with E-state index in [2.05, 4.69) is 16.7 Å². The third kappa shape index (κ3) is 3.97. The van der Waals surface area contributed by atoms with Gasteiger partial charge < -0.3 is 20.1 Å². The van der Waals surface area contributed by atoms with E-state index in [1.165, 1.54) is 0 Å². The molecule has 6 nitrogen and oxygen atoms in total. The van der Waals surface area contributed by atoms with Crippen molar-refractivity contribution in [2.75, 3.05) is 16.8 Å². The summed E-state index contributed by atoms with van der Waals surface area (Å²) in [6.45, 7) is 10.5. The van der Waals surface area contributed by atoms with E-state index in [1.54, 1.807) is 0 Å². The van der Waals surface area contributed by atoms with Gasteiger partial charge in [0.25, 0.3) is 0 Å². The van der Waals surface area contributed by atoms with E-state index in [1.807, 2.05) is 94.1 Å². The van der Waals surface area contributed by atoms with Crippen LogP contribution in [0.25, 0.3) is 0 Å². The zero-order chi connectivity index (χ0) is 25.6. The van der Waals surface area contributed by atoms with Crippen molar-refractivity contribution in [2.24, 2.45) is 5.92 Å². The fourth-order valence-corrected chi connectivity index (χ4v) is 5.70. The lowest BCUT2D eigenvalue weighted by atomic mass is 9.78. The molecule has 2 bridgehead atoms. The van der Waals surface area contributed by atoms with Crippen LogP contribution in [0.2, 0.25) is 0 Å².